The zero-order valence-corrected chi connectivity index (χ0v) is 20.0. The third kappa shape index (κ3) is 3.84. The van der Waals surface area contributed by atoms with E-state index in [0.29, 0.717) is 4.90 Å². The topological polar surface area (TPSA) is 134 Å². The first-order valence-corrected chi connectivity index (χ1v) is 13.3. The lowest BCUT2D eigenvalue weighted by Gasteiger charge is -2.38. The van der Waals surface area contributed by atoms with Crippen molar-refractivity contribution in [1.29, 1.82) is 0 Å². The summed E-state index contributed by atoms with van der Waals surface area (Å²) in [6, 6.07) is 14.9. The van der Waals surface area contributed by atoms with Crippen molar-refractivity contribution in [3.63, 3.8) is 0 Å². The molecular formula is C25H25N7O2S. The highest BCUT2D eigenvalue weighted by Gasteiger charge is 2.36. The highest BCUT2D eigenvalue weighted by Crippen LogP contribution is 2.34. The second kappa shape index (κ2) is 7.89. The Morgan fingerprint density at radius 2 is 1.74 bits per heavy atom. The van der Waals surface area contributed by atoms with E-state index in [4.69, 9.17) is 10.7 Å². The third-order valence-electron chi connectivity index (χ3n) is 6.86. The van der Waals surface area contributed by atoms with E-state index in [9.17, 15) is 8.42 Å². The molecule has 3 aromatic heterocycles. The van der Waals surface area contributed by atoms with Crippen LogP contribution in [0.5, 0.6) is 0 Å². The number of imidazole rings is 1. The molecule has 0 spiro atoms. The Morgan fingerprint density at radius 3 is 2.49 bits per heavy atom. The highest BCUT2D eigenvalue weighted by atomic mass is 32.2. The number of hydrogen-bond acceptors (Lipinski definition) is 7. The van der Waals surface area contributed by atoms with Crippen LogP contribution in [0.15, 0.2) is 66.0 Å². The molecule has 1 aliphatic rings. The molecule has 1 aliphatic heterocycles. The van der Waals surface area contributed by atoms with Gasteiger partial charge in [0.2, 0.25) is 0 Å². The summed E-state index contributed by atoms with van der Waals surface area (Å²) < 4.78 is 23.5. The number of nitrogens with two attached hydrogens (primary N) is 1. The monoisotopic (exact) mass is 487 g/mol. The van der Waals surface area contributed by atoms with E-state index < -0.39 is 15.4 Å². The Balaban J connectivity index is 1.24. The molecule has 0 bridgehead atoms. The molecule has 0 amide bonds. The summed E-state index contributed by atoms with van der Waals surface area (Å²) in [7, 11) is -3.23. The Morgan fingerprint density at radius 1 is 1.00 bits per heavy atom. The maximum atomic E-state index is 11.7. The number of hydrogen-bond donors (Lipinski definition) is 3. The summed E-state index contributed by atoms with van der Waals surface area (Å²) in [5, 5.41) is 1.01. The van der Waals surface area contributed by atoms with Crippen molar-refractivity contribution in [2.75, 3.05) is 24.2 Å². The van der Waals surface area contributed by atoms with Gasteiger partial charge in [0.05, 0.1) is 26.9 Å². The highest BCUT2D eigenvalue weighted by molar-refractivity contribution is 7.90. The zero-order valence-electron chi connectivity index (χ0n) is 19.2. The van der Waals surface area contributed by atoms with Gasteiger partial charge in [-0.1, -0.05) is 18.2 Å². The number of rotatable bonds is 4. The number of sulfone groups is 1. The minimum Gasteiger partial charge on any atom is -0.356 e. The van der Waals surface area contributed by atoms with Crippen LogP contribution < -0.4 is 10.6 Å². The first kappa shape index (κ1) is 21.8. The Bertz CT molecular complexity index is 1650. The molecule has 10 heteroatoms. The van der Waals surface area contributed by atoms with E-state index in [0.717, 1.165) is 70.8 Å². The fourth-order valence-corrected chi connectivity index (χ4v) is 5.41. The fraction of sp³-hybridized carbons (Fsp3) is 0.240. The van der Waals surface area contributed by atoms with Crippen molar-refractivity contribution in [3.05, 3.63) is 66.9 Å². The standard InChI is InChI=1S/C25H25N7O2S/c1-35(33,34)18-5-2-16(3-6-18)17-4-7-20-21(14-17)31-24(30-20)25(26)9-12-32(13-10-25)23-19-8-11-27-22(19)28-15-29-23/h2-8,11,14-15H,9-10,12-13,26H2,1H3,(H,30,31)(H,27,28,29). The van der Waals surface area contributed by atoms with Crippen LogP contribution in [0.4, 0.5) is 5.82 Å². The molecule has 6 rings (SSSR count). The molecule has 0 aliphatic carbocycles. The molecule has 0 radical (unpaired) electrons. The van der Waals surface area contributed by atoms with E-state index in [1.165, 1.54) is 6.26 Å². The number of aromatic nitrogens is 5. The minimum atomic E-state index is -3.23. The lowest BCUT2D eigenvalue weighted by atomic mass is 9.88. The van der Waals surface area contributed by atoms with Gasteiger partial charge >= 0.3 is 0 Å². The normalized spacial score (nSPS) is 16.2. The summed E-state index contributed by atoms with van der Waals surface area (Å²) in [6.07, 6.45) is 6.15. The summed E-state index contributed by atoms with van der Waals surface area (Å²) in [4.78, 5) is 22.8. The van der Waals surface area contributed by atoms with Crippen molar-refractivity contribution in [2.24, 2.45) is 5.73 Å². The average molecular weight is 488 g/mol. The van der Waals surface area contributed by atoms with Gasteiger partial charge in [-0.05, 0) is 54.3 Å². The number of nitrogens with one attached hydrogen (secondary N) is 2. The van der Waals surface area contributed by atoms with Crippen LogP contribution in [-0.4, -0.2) is 52.7 Å². The molecule has 5 aromatic rings. The Labute approximate surface area is 202 Å². The van der Waals surface area contributed by atoms with Crippen molar-refractivity contribution in [2.45, 2.75) is 23.3 Å². The van der Waals surface area contributed by atoms with Crippen molar-refractivity contribution in [1.82, 2.24) is 24.9 Å². The van der Waals surface area contributed by atoms with Crippen molar-refractivity contribution >= 4 is 37.7 Å². The van der Waals surface area contributed by atoms with Gasteiger partial charge in [-0.15, -0.1) is 0 Å². The maximum absolute atomic E-state index is 11.7. The van der Waals surface area contributed by atoms with Crippen LogP contribution >= 0.6 is 0 Å². The molecule has 1 fully saturated rings. The minimum absolute atomic E-state index is 0.306. The maximum Gasteiger partial charge on any atom is 0.175 e. The molecule has 4 N–H and O–H groups in total. The summed E-state index contributed by atoms with van der Waals surface area (Å²) in [5.41, 5.74) is 10.8. The van der Waals surface area contributed by atoms with E-state index in [2.05, 4.69) is 24.8 Å². The second-order valence-corrected chi connectivity index (χ2v) is 11.2. The average Bonchev–Trinajstić information content (AvgIpc) is 3.51. The van der Waals surface area contributed by atoms with E-state index in [1.807, 2.05) is 42.6 Å². The third-order valence-corrected chi connectivity index (χ3v) is 7.99. The van der Waals surface area contributed by atoms with Crippen molar-refractivity contribution in [3.8, 4) is 11.1 Å². The summed E-state index contributed by atoms with van der Waals surface area (Å²) in [6.45, 7) is 1.53. The second-order valence-electron chi connectivity index (χ2n) is 9.19. The van der Waals surface area contributed by atoms with Gasteiger partial charge < -0.3 is 20.6 Å². The molecule has 35 heavy (non-hydrogen) atoms. The van der Waals surface area contributed by atoms with Crippen molar-refractivity contribution < 1.29 is 8.42 Å². The number of fused-ring (bicyclic) bond motifs is 2. The predicted octanol–water partition coefficient (Wildman–Crippen LogP) is 3.36. The van der Waals surface area contributed by atoms with Gasteiger partial charge in [-0.2, -0.15) is 0 Å². The molecule has 0 unspecified atom stereocenters. The molecular weight excluding hydrogens is 462 g/mol. The van der Waals surface area contributed by atoms with Gasteiger partial charge in [-0.25, -0.2) is 23.4 Å². The number of aromatic amines is 2. The van der Waals surface area contributed by atoms with Crippen LogP contribution in [-0.2, 0) is 15.4 Å². The van der Waals surface area contributed by atoms with E-state index in [-0.39, 0.29) is 0 Å². The van der Waals surface area contributed by atoms with Gasteiger partial charge in [-0.3, -0.25) is 0 Å². The lowest BCUT2D eigenvalue weighted by molar-refractivity contribution is 0.327. The first-order chi connectivity index (χ1) is 16.8. The van der Waals surface area contributed by atoms with Crippen LogP contribution in [0.25, 0.3) is 33.2 Å². The molecule has 0 atom stereocenters. The predicted molar refractivity (Wildman–Crippen MR) is 136 cm³/mol. The number of nitrogens with zero attached hydrogens (tertiary/aromatic N) is 4. The molecule has 4 heterocycles. The summed E-state index contributed by atoms with van der Waals surface area (Å²) in [5.74, 6) is 1.71. The van der Waals surface area contributed by atoms with Gasteiger partial charge in [0, 0.05) is 25.5 Å². The smallest absolute Gasteiger partial charge is 0.175 e. The number of benzene rings is 2. The summed E-state index contributed by atoms with van der Waals surface area (Å²) >= 11 is 0. The van der Waals surface area contributed by atoms with Gasteiger partial charge in [0.15, 0.2) is 9.84 Å². The zero-order chi connectivity index (χ0) is 24.2. The molecule has 1 saturated heterocycles. The number of H-pyrrole nitrogens is 2. The molecule has 9 nitrogen and oxygen atoms in total. The van der Waals surface area contributed by atoms with E-state index >= 15 is 0 Å². The Hall–Kier alpha value is -3.76. The lowest BCUT2D eigenvalue weighted by Crippen LogP contribution is -2.49. The van der Waals surface area contributed by atoms with Crippen LogP contribution in [0.3, 0.4) is 0 Å². The van der Waals surface area contributed by atoms with Crippen LogP contribution in [0.2, 0.25) is 0 Å². The van der Waals surface area contributed by atoms with Gasteiger partial charge in [0.1, 0.15) is 23.6 Å². The SMILES string of the molecule is CS(=O)(=O)c1ccc(-c2ccc3[nH]c(C4(N)CCN(c5ncnc6[nH]ccc56)CC4)nc3c2)cc1. The van der Waals surface area contributed by atoms with E-state index in [1.54, 1.807) is 18.5 Å². The number of anilines is 1. The number of piperidine rings is 1. The molecule has 178 valence electrons. The quantitative estimate of drug-likeness (QED) is 0.354. The molecule has 0 saturated carbocycles. The Kier molecular flexibility index (Phi) is 4.90. The molecule has 2 aromatic carbocycles. The van der Waals surface area contributed by atoms with Crippen LogP contribution in [0.1, 0.15) is 18.7 Å². The fourth-order valence-electron chi connectivity index (χ4n) is 4.78. The first-order valence-electron chi connectivity index (χ1n) is 11.4. The van der Waals surface area contributed by atoms with Crippen LogP contribution in [0, 0.1) is 0 Å². The largest absolute Gasteiger partial charge is 0.356 e. The van der Waals surface area contributed by atoms with Gasteiger partial charge in [0.25, 0.3) is 0 Å².